The number of carbonyl (C=O) groups excluding carboxylic acids is 1. The van der Waals surface area contributed by atoms with Crippen molar-refractivity contribution in [3.63, 3.8) is 0 Å². The normalized spacial score (nSPS) is 16.3. The Kier molecular flexibility index (Phi) is 6.07. The monoisotopic (exact) mass is 306 g/mol. The van der Waals surface area contributed by atoms with Crippen molar-refractivity contribution >= 4 is 5.91 Å². The molecule has 0 spiro atoms. The third-order valence-corrected chi connectivity index (χ3v) is 4.09. The fraction of sp³-hybridized carbons (Fsp3) is 0.588. The maximum absolute atomic E-state index is 11.8. The lowest BCUT2D eigenvalue weighted by molar-refractivity contribution is -0.124. The van der Waals surface area contributed by atoms with E-state index in [1.54, 1.807) is 7.11 Å². The summed E-state index contributed by atoms with van der Waals surface area (Å²) in [6.45, 7) is 2.64. The molecule has 1 aromatic rings. The number of methoxy groups -OCH3 is 1. The predicted octanol–water partition coefficient (Wildman–Crippen LogP) is 2.23. The third-order valence-electron chi connectivity index (χ3n) is 4.09. The first-order chi connectivity index (χ1) is 10.6. The molecular weight excluding hydrogens is 280 g/mol. The molecular formula is C17H26N2O3. The first kappa shape index (κ1) is 16.6. The molecule has 5 heteroatoms. The second kappa shape index (κ2) is 8.03. The van der Waals surface area contributed by atoms with Gasteiger partial charge in [0.15, 0.2) is 11.5 Å². The van der Waals surface area contributed by atoms with Crippen LogP contribution in [-0.2, 0) is 11.3 Å². The summed E-state index contributed by atoms with van der Waals surface area (Å²) in [6.07, 6.45) is 4.91. The standard InChI is InChI=1S/C17H26N2O3/c1-12(10-18)17(20)19-11-13-7-8-15(21-2)16(9-13)22-14-5-3-4-6-14/h7-9,12,14H,3-6,10-11,18H2,1-2H3,(H,19,20). The Morgan fingerprint density at radius 1 is 1.36 bits per heavy atom. The Labute approximate surface area is 132 Å². The first-order valence-electron chi connectivity index (χ1n) is 7.95. The van der Waals surface area contributed by atoms with E-state index < -0.39 is 0 Å². The molecule has 3 N–H and O–H groups in total. The second-order valence-corrected chi connectivity index (χ2v) is 5.86. The van der Waals surface area contributed by atoms with Crippen LogP contribution < -0.4 is 20.5 Å². The number of hydrogen-bond donors (Lipinski definition) is 2. The minimum absolute atomic E-state index is 0.0309. The zero-order chi connectivity index (χ0) is 15.9. The van der Waals surface area contributed by atoms with Crippen LogP contribution in [0.15, 0.2) is 18.2 Å². The molecule has 0 bridgehead atoms. The van der Waals surface area contributed by atoms with Crippen LogP contribution in [0, 0.1) is 5.92 Å². The molecule has 0 saturated heterocycles. The van der Waals surface area contributed by atoms with Gasteiger partial charge in [-0.05, 0) is 43.4 Å². The van der Waals surface area contributed by atoms with Crippen LogP contribution >= 0.6 is 0 Å². The van der Waals surface area contributed by atoms with Gasteiger partial charge >= 0.3 is 0 Å². The molecule has 1 fully saturated rings. The number of hydrogen-bond acceptors (Lipinski definition) is 4. The molecule has 1 amide bonds. The quantitative estimate of drug-likeness (QED) is 0.810. The van der Waals surface area contributed by atoms with E-state index in [1.807, 2.05) is 25.1 Å². The van der Waals surface area contributed by atoms with Gasteiger partial charge in [0, 0.05) is 19.0 Å². The third kappa shape index (κ3) is 4.37. The van der Waals surface area contributed by atoms with Gasteiger partial charge in [0.1, 0.15) is 0 Å². The van der Waals surface area contributed by atoms with Crippen LogP contribution in [0.2, 0.25) is 0 Å². The van der Waals surface area contributed by atoms with Crippen LogP contribution in [0.5, 0.6) is 11.5 Å². The van der Waals surface area contributed by atoms with Gasteiger partial charge in [0.25, 0.3) is 0 Å². The average Bonchev–Trinajstić information content (AvgIpc) is 3.05. The van der Waals surface area contributed by atoms with E-state index in [0.717, 1.165) is 29.9 Å². The highest BCUT2D eigenvalue weighted by molar-refractivity contribution is 5.78. The summed E-state index contributed by atoms with van der Waals surface area (Å²) < 4.78 is 11.4. The van der Waals surface area contributed by atoms with E-state index in [1.165, 1.54) is 12.8 Å². The van der Waals surface area contributed by atoms with E-state index in [2.05, 4.69) is 5.32 Å². The van der Waals surface area contributed by atoms with Gasteiger partial charge in [-0.3, -0.25) is 4.79 Å². The maximum atomic E-state index is 11.8. The van der Waals surface area contributed by atoms with Crippen molar-refractivity contribution in [2.24, 2.45) is 11.7 Å². The number of amides is 1. The first-order valence-corrected chi connectivity index (χ1v) is 7.95. The van der Waals surface area contributed by atoms with Gasteiger partial charge in [0.2, 0.25) is 5.91 Å². The Morgan fingerprint density at radius 3 is 2.73 bits per heavy atom. The van der Waals surface area contributed by atoms with Gasteiger partial charge in [-0.1, -0.05) is 13.0 Å². The summed E-state index contributed by atoms with van der Waals surface area (Å²) in [7, 11) is 1.64. The van der Waals surface area contributed by atoms with Crippen molar-refractivity contribution in [3.8, 4) is 11.5 Å². The molecule has 1 aromatic carbocycles. The average molecular weight is 306 g/mol. The second-order valence-electron chi connectivity index (χ2n) is 5.86. The SMILES string of the molecule is COc1ccc(CNC(=O)C(C)CN)cc1OC1CCCC1. The topological polar surface area (TPSA) is 73.6 Å². The Morgan fingerprint density at radius 2 is 2.09 bits per heavy atom. The minimum atomic E-state index is -0.174. The summed E-state index contributed by atoms with van der Waals surface area (Å²) in [5.41, 5.74) is 6.49. The van der Waals surface area contributed by atoms with Crippen molar-refractivity contribution in [3.05, 3.63) is 23.8 Å². The van der Waals surface area contributed by atoms with Crippen molar-refractivity contribution in [2.75, 3.05) is 13.7 Å². The van der Waals surface area contributed by atoms with Crippen LogP contribution in [0.25, 0.3) is 0 Å². The van der Waals surface area contributed by atoms with Gasteiger partial charge in [-0.2, -0.15) is 0 Å². The molecule has 1 atom stereocenters. The van der Waals surface area contributed by atoms with Crippen LogP contribution in [0.1, 0.15) is 38.2 Å². The highest BCUT2D eigenvalue weighted by Gasteiger charge is 2.19. The summed E-state index contributed by atoms with van der Waals surface area (Å²) in [5.74, 6) is 1.29. The molecule has 0 heterocycles. The predicted molar refractivity (Wildman–Crippen MR) is 85.9 cm³/mol. The molecule has 1 unspecified atom stereocenters. The fourth-order valence-corrected chi connectivity index (χ4v) is 2.58. The van der Waals surface area contributed by atoms with E-state index in [4.69, 9.17) is 15.2 Å². The molecule has 0 aliphatic heterocycles. The highest BCUT2D eigenvalue weighted by atomic mass is 16.5. The molecule has 0 aromatic heterocycles. The number of nitrogens with two attached hydrogens (primary N) is 1. The van der Waals surface area contributed by atoms with Gasteiger partial charge in [-0.25, -0.2) is 0 Å². The van der Waals surface area contributed by atoms with E-state index in [9.17, 15) is 4.79 Å². The molecule has 1 aliphatic carbocycles. The number of benzene rings is 1. The highest BCUT2D eigenvalue weighted by Crippen LogP contribution is 2.32. The van der Waals surface area contributed by atoms with Crippen LogP contribution in [0.3, 0.4) is 0 Å². The van der Waals surface area contributed by atoms with E-state index >= 15 is 0 Å². The van der Waals surface area contributed by atoms with Crippen molar-refractivity contribution in [1.82, 2.24) is 5.32 Å². The maximum Gasteiger partial charge on any atom is 0.224 e. The number of nitrogens with one attached hydrogen (secondary N) is 1. The largest absolute Gasteiger partial charge is 0.493 e. The number of carbonyl (C=O) groups is 1. The lowest BCUT2D eigenvalue weighted by atomic mass is 10.1. The van der Waals surface area contributed by atoms with Crippen molar-refractivity contribution in [1.29, 1.82) is 0 Å². The Balaban J connectivity index is 2.01. The van der Waals surface area contributed by atoms with E-state index in [-0.39, 0.29) is 17.9 Å². The summed E-state index contributed by atoms with van der Waals surface area (Å²) in [6, 6.07) is 5.77. The molecule has 122 valence electrons. The molecule has 5 nitrogen and oxygen atoms in total. The summed E-state index contributed by atoms with van der Waals surface area (Å²) in [5, 5.41) is 2.89. The smallest absolute Gasteiger partial charge is 0.224 e. The van der Waals surface area contributed by atoms with Crippen molar-refractivity contribution in [2.45, 2.75) is 45.3 Å². The number of rotatable bonds is 7. The molecule has 1 saturated carbocycles. The molecule has 2 rings (SSSR count). The van der Waals surface area contributed by atoms with Crippen LogP contribution in [0.4, 0.5) is 0 Å². The lowest BCUT2D eigenvalue weighted by Crippen LogP contribution is -2.32. The van der Waals surface area contributed by atoms with Crippen molar-refractivity contribution < 1.29 is 14.3 Å². The van der Waals surface area contributed by atoms with Gasteiger partial charge in [-0.15, -0.1) is 0 Å². The molecule has 1 aliphatic rings. The summed E-state index contributed by atoms with van der Waals surface area (Å²) in [4.78, 5) is 11.8. The minimum Gasteiger partial charge on any atom is -0.493 e. The van der Waals surface area contributed by atoms with Gasteiger partial charge in [0.05, 0.1) is 13.2 Å². The number of ether oxygens (including phenoxy) is 2. The Bertz CT molecular complexity index is 499. The summed E-state index contributed by atoms with van der Waals surface area (Å²) >= 11 is 0. The zero-order valence-corrected chi connectivity index (χ0v) is 13.4. The van der Waals surface area contributed by atoms with Crippen LogP contribution in [-0.4, -0.2) is 25.7 Å². The van der Waals surface area contributed by atoms with Gasteiger partial charge < -0.3 is 20.5 Å². The fourth-order valence-electron chi connectivity index (χ4n) is 2.58. The lowest BCUT2D eigenvalue weighted by Gasteiger charge is -2.17. The molecule has 0 radical (unpaired) electrons. The van der Waals surface area contributed by atoms with E-state index in [0.29, 0.717) is 13.1 Å². The molecule has 22 heavy (non-hydrogen) atoms. The Hall–Kier alpha value is -1.75. The zero-order valence-electron chi connectivity index (χ0n) is 13.4.